The largest absolute Gasteiger partial charge is 0.464 e. The highest BCUT2D eigenvalue weighted by Crippen LogP contribution is 2.32. The molecule has 3 heterocycles. The molecule has 27 heavy (non-hydrogen) atoms. The number of furan rings is 1. The Morgan fingerprint density at radius 3 is 2.74 bits per heavy atom. The Morgan fingerprint density at radius 2 is 2.00 bits per heavy atom. The predicted molar refractivity (Wildman–Crippen MR) is 102 cm³/mol. The third-order valence-electron chi connectivity index (χ3n) is 5.42. The van der Waals surface area contributed by atoms with E-state index in [9.17, 15) is 9.59 Å². The van der Waals surface area contributed by atoms with Gasteiger partial charge in [0.1, 0.15) is 11.2 Å². The molecule has 0 aliphatic carbocycles. The number of rotatable bonds is 4. The molecule has 1 fully saturated rings. The van der Waals surface area contributed by atoms with Crippen LogP contribution in [0, 0.1) is 20.8 Å². The minimum atomic E-state index is -0.474. The second-order valence-electron chi connectivity index (χ2n) is 7.28. The molecule has 1 N–H and O–H groups in total. The number of aryl methyl sites for hydroxylation is 3. The second kappa shape index (κ2) is 6.85. The summed E-state index contributed by atoms with van der Waals surface area (Å²) in [5, 5.41) is 4.69. The van der Waals surface area contributed by atoms with Gasteiger partial charge in [0.2, 0.25) is 5.91 Å². The summed E-state index contributed by atoms with van der Waals surface area (Å²) in [6.07, 6.45) is 3.75. The van der Waals surface area contributed by atoms with Gasteiger partial charge in [-0.25, -0.2) is 4.79 Å². The minimum absolute atomic E-state index is 0.00171. The third kappa shape index (κ3) is 3.14. The van der Waals surface area contributed by atoms with Crippen LogP contribution in [0.3, 0.4) is 0 Å². The first-order chi connectivity index (χ1) is 13.0. The van der Waals surface area contributed by atoms with E-state index in [1.54, 1.807) is 6.26 Å². The number of hydrogen-bond donors (Lipinski definition) is 1. The van der Waals surface area contributed by atoms with Gasteiger partial charge in [0.25, 0.3) is 0 Å². The molecule has 4 rings (SSSR count). The topological polar surface area (TPSA) is 81.7 Å². The van der Waals surface area contributed by atoms with Crippen LogP contribution < -0.4 is 10.9 Å². The Morgan fingerprint density at radius 1 is 1.19 bits per heavy atom. The summed E-state index contributed by atoms with van der Waals surface area (Å²) in [6.45, 7) is 6.94. The van der Waals surface area contributed by atoms with Gasteiger partial charge >= 0.3 is 5.63 Å². The fourth-order valence-electron chi connectivity index (χ4n) is 3.78. The van der Waals surface area contributed by atoms with Gasteiger partial charge in [-0.1, -0.05) is 0 Å². The Bertz CT molecular complexity index is 1090. The normalized spacial score (nSPS) is 17.1. The molecule has 6 heteroatoms. The molecule has 142 valence electrons. The minimum Gasteiger partial charge on any atom is -0.464 e. The summed E-state index contributed by atoms with van der Waals surface area (Å²) in [5.74, 6) is -0.197. The molecular formula is C21H23NO5. The number of ether oxygens (including phenoxy) is 1. The molecule has 0 radical (unpaired) electrons. The van der Waals surface area contributed by atoms with Crippen molar-refractivity contribution in [1.82, 2.24) is 5.32 Å². The Labute approximate surface area is 156 Å². The van der Waals surface area contributed by atoms with E-state index in [-0.39, 0.29) is 18.4 Å². The third-order valence-corrected chi connectivity index (χ3v) is 5.42. The van der Waals surface area contributed by atoms with Crippen molar-refractivity contribution < 1.29 is 18.4 Å². The molecule has 0 bridgehead atoms. The molecular weight excluding hydrogens is 346 g/mol. The number of carbonyl (C=O) groups excluding carboxylic acids is 1. The number of benzene rings is 1. The molecule has 1 saturated heterocycles. The van der Waals surface area contributed by atoms with Gasteiger partial charge in [-0.3, -0.25) is 4.79 Å². The van der Waals surface area contributed by atoms with E-state index in [1.165, 1.54) is 0 Å². The first kappa shape index (κ1) is 17.8. The fraction of sp³-hybridized carbons (Fsp3) is 0.429. The summed E-state index contributed by atoms with van der Waals surface area (Å²) in [4.78, 5) is 24.9. The monoisotopic (exact) mass is 369 g/mol. The van der Waals surface area contributed by atoms with Crippen LogP contribution in [0.2, 0.25) is 0 Å². The fourth-order valence-corrected chi connectivity index (χ4v) is 3.78. The SMILES string of the molecule is Cc1coc2c(C)c3oc(=O)c(CC(=O)NC[C@@H]4CCCO4)c(C)c3cc12. The maximum Gasteiger partial charge on any atom is 0.340 e. The lowest BCUT2D eigenvalue weighted by Gasteiger charge is -2.12. The van der Waals surface area contributed by atoms with Gasteiger partial charge in [-0.2, -0.15) is 0 Å². The lowest BCUT2D eigenvalue weighted by atomic mass is 9.99. The van der Waals surface area contributed by atoms with Crippen molar-refractivity contribution in [2.45, 2.75) is 46.1 Å². The van der Waals surface area contributed by atoms with E-state index in [0.29, 0.717) is 17.7 Å². The quantitative estimate of drug-likeness (QED) is 0.714. The Hall–Kier alpha value is -2.60. The second-order valence-corrected chi connectivity index (χ2v) is 7.28. The van der Waals surface area contributed by atoms with Gasteiger partial charge in [0, 0.05) is 29.5 Å². The van der Waals surface area contributed by atoms with Crippen LogP contribution in [0.25, 0.3) is 21.9 Å². The first-order valence-corrected chi connectivity index (χ1v) is 9.27. The van der Waals surface area contributed by atoms with Crippen molar-refractivity contribution >= 4 is 27.8 Å². The summed E-state index contributed by atoms with van der Waals surface area (Å²) in [7, 11) is 0. The smallest absolute Gasteiger partial charge is 0.340 e. The van der Waals surface area contributed by atoms with Crippen LogP contribution in [-0.4, -0.2) is 25.2 Å². The maximum absolute atomic E-state index is 12.5. The summed E-state index contributed by atoms with van der Waals surface area (Å²) in [5.41, 5.74) is 3.76. The van der Waals surface area contributed by atoms with Crippen molar-refractivity contribution in [1.29, 1.82) is 0 Å². The summed E-state index contributed by atoms with van der Waals surface area (Å²) < 4.78 is 16.7. The summed E-state index contributed by atoms with van der Waals surface area (Å²) >= 11 is 0. The standard InChI is InChI=1S/C21H23NO5/c1-11-10-26-19-13(3)20-16(7-15(11)19)12(2)17(21(24)27-20)8-18(23)22-9-14-5-4-6-25-14/h7,10,14H,4-6,8-9H2,1-3H3,(H,22,23)/t14-/m0/s1. The first-order valence-electron chi connectivity index (χ1n) is 9.27. The Kier molecular flexibility index (Phi) is 4.52. The molecule has 1 amide bonds. The zero-order valence-electron chi connectivity index (χ0n) is 15.8. The Balaban J connectivity index is 1.68. The number of hydrogen-bond acceptors (Lipinski definition) is 5. The van der Waals surface area contributed by atoms with E-state index in [0.717, 1.165) is 52.5 Å². The van der Waals surface area contributed by atoms with E-state index in [2.05, 4.69) is 5.32 Å². The summed E-state index contributed by atoms with van der Waals surface area (Å²) in [6, 6.07) is 1.97. The zero-order valence-corrected chi connectivity index (χ0v) is 15.8. The van der Waals surface area contributed by atoms with Crippen LogP contribution >= 0.6 is 0 Å². The van der Waals surface area contributed by atoms with Crippen molar-refractivity contribution in [3.63, 3.8) is 0 Å². The van der Waals surface area contributed by atoms with Crippen LogP contribution in [-0.2, 0) is 16.0 Å². The van der Waals surface area contributed by atoms with Crippen molar-refractivity contribution in [3.05, 3.63) is 45.0 Å². The lowest BCUT2D eigenvalue weighted by Crippen LogP contribution is -2.34. The average Bonchev–Trinajstić information content (AvgIpc) is 3.28. The average molecular weight is 369 g/mol. The molecule has 2 aromatic heterocycles. The van der Waals surface area contributed by atoms with Gasteiger partial charge in [-0.15, -0.1) is 0 Å². The predicted octanol–water partition coefficient (Wildman–Crippen LogP) is 3.30. The van der Waals surface area contributed by atoms with E-state index >= 15 is 0 Å². The zero-order chi connectivity index (χ0) is 19.1. The molecule has 1 atom stereocenters. The van der Waals surface area contributed by atoms with Crippen molar-refractivity contribution in [2.75, 3.05) is 13.2 Å². The van der Waals surface area contributed by atoms with Gasteiger partial charge in [0.15, 0.2) is 0 Å². The van der Waals surface area contributed by atoms with Gasteiger partial charge in [0.05, 0.1) is 24.4 Å². The van der Waals surface area contributed by atoms with E-state index in [1.807, 2.05) is 26.8 Å². The van der Waals surface area contributed by atoms with Crippen LogP contribution in [0.4, 0.5) is 0 Å². The van der Waals surface area contributed by atoms with Crippen LogP contribution in [0.5, 0.6) is 0 Å². The highest BCUT2D eigenvalue weighted by Gasteiger charge is 2.20. The van der Waals surface area contributed by atoms with Crippen molar-refractivity contribution in [3.8, 4) is 0 Å². The van der Waals surface area contributed by atoms with E-state index < -0.39 is 5.63 Å². The molecule has 1 aliphatic heterocycles. The molecule has 6 nitrogen and oxygen atoms in total. The molecule has 0 spiro atoms. The maximum atomic E-state index is 12.5. The van der Waals surface area contributed by atoms with Crippen molar-refractivity contribution in [2.24, 2.45) is 0 Å². The number of nitrogens with one attached hydrogen (secondary N) is 1. The van der Waals surface area contributed by atoms with E-state index in [4.69, 9.17) is 13.6 Å². The number of carbonyl (C=O) groups is 1. The number of amides is 1. The highest BCUT2D eigenvalue weighted by molar-refractivity contribution is 6.00. The molecule has 1 aliphatic rings. The number of fused-ring (bicyclic) bond motifs is 2. The molecule has 1 aromatic carbocycles. The molecule has 0 unspecified atom stereocenters. The van der Waals surface area contributed by atoms with Gasteiger partial charge < -0.3 is 18.9 Å². The molecule has 0 saturated carbocycles. The highest BCUT2D eigenvalue weighted by atomic mass is 16.5. The van der Waals surface area contributed by atoms with Crippen LogP contribution in [0.15, 0.2) is 26.0 Å². The van der Waals surface area contributed by atoms with Crippen LogP contribution in [0.1, 0.15) is 35.1 Å². The lowest BCUT2D eigenvalue weighted by molar-refractivity contribution is -0.121. The van der Waals surface area contributed by atoms with Gasteiger partial charge in [-0.05, 0) is 50.8 Å². The molecule has 3 aromatic rings.